The maximum absolute atomic E-state index is 12.5. The monoisotopic (exact) mass is 422 g/mol. The van der Waals surface area contributed by atoms with Gasteiger partial charge in [0, 0.05) is 19.6 Å². The quantitative estimate of drug-likeness (QED) is 0.707. The van der Waals surface area contributed by atoms with Crippen molar-refractivity contribution < 1.29 is 32.3 Å². The van der Waals surface area contributed by atoms with Gasteiger partial charge in [-0.05, 0) is 49.1 Å². The number of hydrogen-bond donors (Lipinski definition) is 1. The number of benzene rings is 1. The molecular weight excluding hydrogens is 398 g/mol. The highest BCUT2D eigenvalue weighted by molar-refractivity contribution is 5.92. The molecule has 0 bridgehead atoms. The van der Waals surface area contributed by atoms with E-state index in [0.29, 0.717) is 32.5 Å². The molecule has 7 nitrogen and oxygen atoms in total. The van der Waals surface area contributed by atoms with Crippen LogP contribution < -0.4 is 14.8 Å². The molecule has 1 saturated heterocycles. The number of alkyl halides is 2. The highest BCUT2D eigenvalue weighted by atomic mass is 19.3. The van der Waals surface area contributed by atoms with E-state index in [1.165, 1.54) is 19.4 Å². The normalized spacial score (nSPS) is 16.4. The molecule has 1 aromatic carbocycles. The number of furan rings is 1. The molecule has 0 unspecified atom stereocenters. The molecule has 1 aliphatic rings. The molecule has 3 rings (SSSR count). The molecule has 0 radical (unpaired) electrons. The van der Waals surface area contributed by atoms with E-state index in [1.54, 1.807) is 29.2 Å². The smallest absolute Gasteiger partial charge is 0.387 e. The Morgan fingerprint density at radius 1 is 1.30 bits per heavy atom. The lowest BCUT2D eigenvalue weighted by Gasteiger charge is -2.31. The summed E-state index contributed by atoms with van der Waals surface area (Å²) in [6, 6.07) is 7.94. The fourth-order valence-electron chi connectivity index (χ4n) is 3.47. The van der Waals surface area contributed by atoms with Crippen LogP contribution in [-0.2, 0) is 11.2 Å². The third-order valence-electron chi connectivity index (χ3n) is 4.97. The Bertz CT molecular complexity index is 857. The minimum atomic E-state index is -2.93. The topological polar surface area (TPSA) is 81.0 Å². The van der Waals surface area contributed by atoms with Crippen LogP contribution in [0.2, 0.25) is 0 Å². The van der Waals surface area contributed by atoms with Gasteiger partial charge >= 0.3 is 6.61 Å². The number of nitrogens with zero attached hydrogens (tertiary/aromatic N) is 1. The van der Waals surface area contributed by atoms with Crippen LogP contribution in [0.4, 0.5) is 8.78 Å². The van der Waals surface area contributed by atoms with Crippen molar-refractivity contribution in [2.75, 3.05) is 26.7 Å². The van der Waals surface area contributed by atoms with Gasteiger partial charge in [-0.3, -0.25) is 9.59 Å². The molecule has 1 N–H and O–H groups in total. The molecule has 1 atom stereocenters. The Morgan fingerprint density at radius 2 is 2.13 bits per heavy atom. The van der Waals surface area contributed by atoms with E-state index in [4.69, 9.17) is 9.15 Å². The largest absolute Gasteiger partial charge is 0.493 e. The van der Waals surface area contributed by atoms with E-state index in [0.717, 1.165) is 12.0 Å². The predicted molar refractivity (Wildman–Crippen MR) is 104 cm³/mol. The summed E-state index contributed by atoms with van der Waals surface area (Å²) in [7, 11) is 1.37. The van der Waals surface area contributed by atoms with Crippen LogP contribution in [-0.4, -0.2) is 50.1 Å². The minimum Gasteiger partial charge on any atom is -0.493 e. The molecule has 9 heteroatoms. The van der Waals surface area contributed by atoms with Crippen molar-refractivity contribution in [3.63, 3.8) is 0 Å². The Hall–Kier alpha value is -3.10. The Balaban J connectivity index is 1.50. The predicted octanol–water partition coefficient (Wildman–Crippen LogP) is 3.10. The van der Waals surface area contributed by atoms with E-state index >= 15 is 0 Å². The first-order valence-corrected chi connectivity index (χ1v) is 9.70. The van der Waals surface area contributed by atoms with Crippen molar-refractivity contribution in [3.05, 3.63) is 47.9 Å². The molecular formula is C21H24F2N2O5. The van der Waals surface area contributed by atoms with Crippen molar-refractivity contribution in [1.29, 1.82) is 0 Å². The van der Waals surface area contributed by atoms with Crippen LogP contribution in [0.15, 0.2) is 41.0 Å². The number of piperidine rings is 1. The number of halogens is 2. The number of hydrogen-bond acceptors (Lipinski definition) is 5. The van der Waals surface area contributed by atoms with Gasteiger partial charge in [0.05, 0.1) is 19.3 Å². The Kier molecular flexibility index (Phi) is 7.26. The first-order chi connectivity index (χ1) is 14.5. The molecule has 2 amide bonds. The van der Waals surface area contributed by atoms with Gasteiger partial charge in [-0.2, -0.15) is 8.78 Å². The minimum absolute atomic E-state index is 0.0381. The number of carbonyl (C=O) groups excluding carboxylic acids is 2. The van der Waals surface area contributed by atoms with Crippen LogP contribution >= 0.6 is 0 Å². The van der Waals surface area contributed by atoms with Gasteiger partial charge in [-0.1, -0.05) is 6.07 Å². The summed E-state index contributed by atoms with van der Waals surface area (Å²) in [6.45, 7) is -1.62. The molecule has 1 aromatic heterocycles. The molecule has 2 aromatic rings. The summed E-state index contributed by atoms with van der Waals surface area (Å²) in [5, 5.41) is 2.89. The van der Waals surface area contributed by atoms with Crippen molar-refractivity contribution in [1.82, 2.24) is 10.2 Å². The van der Waals surface area contributed by atoms with Crippen molar-refractivity contribution >= 4 is 11.8 Å². The fraction of sp³-hybridized carbons (Fsp3) is 0.429. The molecule has 0 aliphatic carbocycles. The summed E-state index contributed by atoms with van der Waals surface area (Å²) in [5.74, 6) is -0.173. The van der Waals surface area contributed by atoms with Crippen LogP contribution in [0.25, 0.3) is 0 Å². The van der Waals surface area contributed by atoms with Crippen LogP contribution in [0.5, 0.6) is 11.5 Å². The van der Waals surface area contributed by atoms with Gasteiger partial charge in [-0.25, -0.2) is 0 Å². The maximum Gasteiger partial charge on any atom is 0.387 e. The number of carbonyl (C=O) groups is 2. The first-order valence-electron chi connectivity index (χ1n) is 9.70. The molecule has 1 aliphatic heterocycles. The molecule has 2 heterocycles. The summed E-state index contributed by atoms with van der Waals surface area (Å²) in [4.78, 5) is 26.6. The van der Waals surface area contributed by atoms with E-state index in [9.17, 15) is 18.4 Å². The van der Waals surface area contributed by atoms with Gasteiger partial charge in [0.15, 0.2) is 17.3 Å². The van der Waals surface area contributed by atoms with E-state index in [2.05, 4.69) is 10.1 Å². The third-order valence-corrected chi connectivity index (χ3v) is 4.97. The number of likely N-dealkylation sites (tertiary alicyclic amines) is 1. The second-order valence-corrected chi connectivity index (χ2v) is 6.97. The van der Waals surface area contributed by atoms with Gasteiger partial charge < -0.3 is 24.1 Å². The molecule has 0 spiro atoms. The van der Waals surface area contributed by atoms with Gasteiger partial charge in [0.1, 0.15) is 0 Å². The summed E-state index contributed by atoms with van der Waals surface area (Å²) in [6.07, 6.45) is 3.40. The number of methoxy groups -OCH3 is 1. The highest BCUT2D eigenvalue weighted by Crippen LogP contribution is 2.29. The Labute approximate surface area is 172 Å². The number of rotatable bonds is 8. The summed E-state index contributed by atoms with van der Waals surface area (Å²) >= 11 is 0. The van der Waals surface area contributed by atoms with E-state index < -0.39 is 6.61 Å². The van der Waals surface area contributed by atoms with E-state index in [1.807, 2.05) is 0 Å². The average molecular weight is 422 g/mol. The molecule has 1 fully saturated rings. The van der Waals surface area contributed by atoms with Crippen molar-refractivity contribution in [3.8, 4) is 11.5 Å². The molecule has 162 valence electrons. The van der Waals surface area contributed by atoms with Crippen LogP contribution in [0, 0.1) is 5.92 Å². The van der Waals surface area contributed by atoms with Gasteiger partial charge in [0.25, 0.3) is 5.91 Å². The number of ether oxygens (including phenoxy) is 2. The standard InChI is InChI=1S/C21H24F2N2O5/c1-28-18-12-14(6-7-16(18)30-21(22)23)8-9-24-19(26)15-4-2-10-25(13-15)20(27)17-5-3-11-29-17/h3,5-7,11-12,15,21H,2,4,8-10,13H2,1H3,(H,24,26)/t15-/m0/s1. The second kappa shape index (κ2) is 10.1. The summed E-state index contributed by atoms with van der Waals surface area (Å²) in [5.41, 5.74) is 0.812. The Morgan fingerprint density at radius 3 is 2.83 bits per heavy atom. The number of nitrogens with one attached hydrogen (secondary N) is 1. The van der Waals surface area contributed by atoms with Crippen LogP contribution in [0.1, 0.15) is 29.0 Å². The lowest BCUT2D eigenvalue weighted by molar-refractivity contribution is -0.126. The SMILES string of the molecule is COc1cc(CCNC(=O)[C@H]2CCCN(C(=O)c3ccco3)C2)ccc1OC(F)F. The van der Waals surface area contributed by atoms with Crippen LogP contribution in [0.3, 0.4) is 0 Å². The average Bonchev–Trinajstić information content (AvgIpc) is 3.28. The van der Waals surface area contributed by atoms with E-state index in [-0.39, 0.29) is 35.0 Å². The zero-order valence-corrected chi connectivity index (χ0v) is 16.6. The lowest BCUT2D eigenvalue weighted by atomic mass is 9.96. The third kappa shape index (κ3) is 5.49. The van der Waals surface area contributed by atoms with Crippen molar-refractivity contribution in [2.45, 2.75) is 25.9 Å². The fourth-order valence-corrected chi connectivity index (χ4v) is 3.47. The molecule has 0 saturated carbocycles. The van der Waals surface area contributed by atoms with Crippen molar-refractivity contribution in [2.24, 2.45) is 5.92 Å². The second-order valence-electron chi connectivity index (χ2n) is 6.97. The molecule has 30 heavy (non-hydrogen) atoms. The highest BCUT2D eigenvalue weighted by Gasteiger charge is 2.29. The zero-order chi connectivity index (χ0) is 21.5. The number of amides is 2. The van der Waals surface area contributed by atoms with Gasteiger partial charge in [0.2, 0.25) is 5.91 Å². The maximum atomic E-state index is 12.5. The lowest BCUT2D eigenvalue weighted by Crippen LogP contribution is -2.45. The summed E-state index contributed by atoms with van der Waals surface area (Å²) < 4.78 is 39.5. The van der Waals surface area contributed by atoms with Gasteiger partial charge in [-0.15, -0.1) is 0 Å². The zero-order valence-electron chi connectivity index (χ0n) is 16.6. The first kappa shape index (κ1) is 21.6.